The molecule has 0 bridgehead atoms. The molecular formula is C13H25N. The summed E-state index contributed by atoms with van der Waals surface area (Å²) in [7, 11) is 0. The number of hydrogen-bond acceptors (Lipinski definition) is 1. The van der Waals surface area contributed by atoms with Crippen molar-refractivity contribution in [1.29, 1.82) is 0 Å². The SMILES string of the molecule is CCC1CN(C(C)C)C1CC=C(C)C. The van der Waals surface area contributed by atoms with Gasteiger partial charge in [0.2, 0.25) is 0 Å². The average Bonchev–Trinajstić information content (AvgIpc) is 2.01. The lowest BCUT2D eigenvalue weighted by molar-refractivity contribution is -0.0115. The Hall–Kier alpha value is -0.300. The number of allylic oxidation sites excluding steroid dienone is 1. The molecule has 1 saturated heterocycles. The van der Waals surface area contributed by atoms with Gasteiger partial charge in [-0.1, -0.05) is 25.0 Å². The molecule has 0 aromatic carbocycles. The van der Waals surface area contributed by atoms with Gasteiger partial charge in [0.25, 0.3) is 0 Å². The van der Waals surface area contributed by atoms with E-state index < -0.39 is 0 Å². The van der Waals surface area contributed by atoms with Crippen LogP contribution in [0.2, 0.25) is 0 Å². The van der Waals surface area contributed by atoms with Crippen molar-refractivity contribution >= 4 is 0 Å². The van der Waals surface area contributed by atoms with Crippen LogP contribution in [0, 0.1) is 5.92 Å². The van der Waals surface area contributed by atoms with E-state index in [0.717, 1.165) is 12.0 Å². The van der Waals surface area contributed by atoms with Crippen molar-refractivity contribution < 1.29 is 0 Å². The molecule has 2 atom stereocenters. The molecule has 1 heterocycles. The molecule has 1 fully saturated rings. The monoisotopic (exact) mass is 195 g/mol. The average molecular weight is 195 g/mol. The lowest BCUT2D eigenvalue weighted by Crippen LogP contribution is -2.58. The number of rotatable bonds is 4. The van der Waals surface area contributed by atoms with E-state index in [1.807, 2.05) is 0 Å². The first kappa shape index (κ1) is 11.8. The van der Waals surface area contributed by atoms with Crippen LogP contribution in [0.3, 0.4) is 0 Å². The molecule has 1 aliphatic heterocycles. The van der Waals surface area contributed by atoms with E-state index in [1.165, 1.54) is 25.0 Å². The van der Waals surface area contributed by atoms with E-state index >= 15 is 0 Å². The normalized spacial score (nSPS) is 27.6. The second-order valence-corrected chi connectivity index (χ2v) is 5.04. The number of nitrogens with zero attached hydrogens (tertiary/aromatic N) is 1. The Morgan fingerprint density at radius 3 is 2.50 bits per heavy atom. The van der Waals surface area contributed by atoms with Crippen LogP contribution in [0.4, 0.5) is 0 Å². The molecule has 0 radical (unpaired) electrons. The fourth-order valence-corrected chi connectivity index (χ4v) is 2.34. The Morgan fingerprint density at radius 1 is 1.43 bits per heavy atom. The molecule has 0 spiro atoms. The molecule has 0 aliphatic carbocycles. The predicted molar refractivity (Wildman–Crippen MR) is 63.5 cm³/mol. The van der Waals surface area contributed by atoms with Crippen LogP contribution in [0.25, 0.3) is 0 Å². The zero-order chi connectivity index (χ0) is 10.7. The summed E-state index contributed by atoms with van der Waals surface area (Å²) in [5.41, 5.74) is 1.45. The Bertz CT molecular complexity index is 201. The first-order valence-electron chi connectivity index (χ1n) is 5.95. The van der Waals surface area contributed by atoms with Gasteiger partial charge in [-0.3, -0.25) is 4.90 Å². The maximum absolute atomic E-state index is 2.63. The number of likely N-dealkylation sites (tertiary alicyclic amines) is 1. The van der Waals surface area contributed by atoms with Crippen LogP contribution >= 0.6 is 0 Å². The summed E-state index contributed by atoms with van der Waals surface area (Å²) in [5.74, 6) is 0.938. The molecule has 0 N–H and O–H groups in total. The fraction of sp³-hybridized carbons (Fsp3) is 0.846. The summed E-state index contributed by atoms with van der Waals surface area (Å²) in [6.45, 7) is 12.6. The molecule has 1 heteroatoms. The molecular weight excluding hydrogens is 170 g/mol. The van der Waals surface area contributed by atoms with Crippen molar-refractivity contribution in [2.45, 2.75) is 59.5 Å². The molecule has 0 aromatic rings. The van der Waals surface area contributed by atoms with Crippen LogP contribution in [0.5, 0.6) is 0 Å². The maximum atomic E-state index is 2.63. The fourth-order valence-electron chi connectivity index (χ4n) is 2.34. The van der Waals surface area contributed by atoms with Gasteiger partial charge in [-0.15, -0.1) is 0 Å². The van der Waals surface area contributed by atoms with Gasteiger partial charge >= 0.3 is 0 Å². The van der Waals surface area contributed by atoms with E-state index in [9.17, 15) is 0 Å². The molecule has 0 aromatic heterocycles. The largest absolute Gasteiger partial charge is 0.297 e. The van der Waals surface area contributed by atoms with E-state index in [-0.39, 0.29) is 0 Å². The van der Waals surface area contributed by atoms with Crippen molar-refractivity contribution in [3.05, 3.63) is 11.6 Å². The van der Waals surface area contributed by atoms with Gasteiger partial charge in [0, 0.05) is 18.6 Å². The van der Waals surface area contributed by atoms with Crippen LogP contribution in [-0.4, -0.2) is 23.5 Å². The summed E-state index contributed by atoms with van der Waals surface area (Å²) in [4.78, 5) is 2.63. The van der Waals surface area contributed by atoms with E-state index in [2.05, 4.69) is 45.6 Å². The molecule has 1 aliphatic rings. The van der Waals surface area contributed by atoms with Gasteiger partial charge in [0.15, 0.2) is 0 Å². The maximum Gasteiger partial charge on any atom is 0.0173 e. The highest BCUT2D eigenvalue weighted by molar-refractivity contribution is 5.01. The third kappa shape index (κ3) is 2.60. The van der Waals surface area contributed by atoms with Crippen molar-refractivity contribution in [2.75, 3.05) is 6.54 Å². The highest BCUT2D eigenvalue weighted by Gasteiger charge is 2.37. The van der Waals surface area contributed by atoms with E-state index in [4.69, 9.17) is 0 Å². The quantitative estimate of drug-likeness (QED) is 0.621. The van der Waals surface area contributed by atoms with Crippen LogP contribution < -0.4 is 0 Å². The molecule has 1 nitrogen and oxygen atoms in total. The molecule has 82 valence electrons. The minimum Gasteiger partial charge on any atom is -0.297 e. The second-order valence-electron chi connectivity index (χ2n) is 5.04. The highest BCUT2D eigenvalue weighted by atomic mass is 15.2. The Morgan fingerprint density at radius 2 is 2.07 bits per heavy atom. The molecule has 14 heavy (non-hydrogen) atoms. The minimum atomic E-state index is 0.716. The lowest BCUT2D eigenvalue weighted by Gasteiger charge is -2.50. The van der Waals surface area contributed by atoms with Crippen LogP contribution in [0.1, 0.15) is 47.5 Å². The molecule has 0 saturated carbocycles. The summed E-state index contributed by atoms with van der Waals surface area (Å²) < 4.78 is 0. The molecule has 1 rings (SSSR count). The smallest absolute Gasteiger partial charge is 0.0173 e. The van der Waals surface area contributed by atoms with Crippen molar-refractivity contribution in [3.8, 4) is 0 Å². The zero-order valence-electron chi connectivity index (χ0n) is 10.4. The third-order valence-corrected chi connectivity index (χ3v) is 3.37. The number of hydrogen-bond donors (Lipinski definition) is 0. The van der Waals surface area contributed by atoms with Crippen molar-refractivity contribution in [2.24, 2.45) is 5.92 Å². The summed E-state index contributed by atoms with van der Waals surface area (Å²) in [5, 5.41) is 0. The topological polar surface area (TPSA) is 3.24 Å². The van der Waals surface area contributed by atoms with Gasteiger partial charge < -0.3 is 0 Å². The predicted octanol–water partition coefficient (Wildman–Crippen LogP) is 3.46. The van der Waals surface area contributed by atoms with E-state index in [0.29, 0.717) is 6.04 Å². The Labute approximate surface area is 89.2 Å². The van der Waals surface area contributed by atoms with Crippen LogP contribution in [0.15, 0.2) is 11.6 Å². The van der Waals surface area contributed by atoms with Crippen LogP contribution in [-0.2, 0) is 0 Å². The first-order chi connectivity index (χ1) is 6.56. The van der Waals surface area contributed by atoms with Gasteiger partial charge in [0.1, 0.15) is 0 Å². The Balaban J connectivity index is 2.48. The van der Waals surface area contributed by atoms with Crippen molar-refractivity contribution in [3.63, 3.8) is 0 Å². The van der Waals surface area contributed by atoms with Gasteiger partial charge in [-0.25, -0.2) is 0 Å². The van der Waals surface area contributed by atoms with Gasteiger partial charge in [-0.05, 0) is 40.0 Å². The van der Waals surface area contributed by atoms with Gasteiger partial charge in [0.05, 0.1) is 0 Å². The van der Waals surface area contributed by atoms with Gasteiger partial charge in [-0.2, -0.15) is 0 Å². The highest BCUT2D eigenvalue weighted by Crippen LogP contribution is 2.32. The van der Waals surface area contributed by atoms with E-state index in [1.54, 1.807) is 0 Å². The first-order valence-corrected chi connectivity index (χ1v) is 5.95. The summed E-state index contributed by atoms with van der Waals surface area (Å²) >= 11 is 0. The lowest BCUT2D eigenvalue weighted by atomic mass is 9.82. The standard InChI is InChI=1S/C13H25N/c1-6-12-9-14(11(4)5)13(12)8-7-10(2)3/h7,11-13H,6,8-9H2,1-5H3. The Kier molecular flexibility index (Phi) is 4.18. The third-order valence-electron chi connectivity index (χ3n) is 3.37. The summed E-state index contributed by atoms with van der Waals surface area (Å²) in [6, 6.07) is 1.53. The summed E-state index contributed by atoms with van der Waals surface area (Å²) in [6.07, 6.45) is 4.98. The molecule has 2 unspecified atom stereocenters. The minimum absolute atomic E-state index is 0.716. The zero-order valence-corrected chi connectivity index (χ0v) is 10.4. The second kappa shape index (κ2) is 4.97. The molecule has 0 amide bonds. The van der Waals surface area contributed by atoms with Crippen molar-refractivity contribution in [1.82, 2.24) is 4.90 Å².